The second-order valence-electron chi connectivity index (χ2n) is 4.46. The summed E-state index contributed by atoms with van der Waals surface area (Å²) in [4.78, 5) is 0. The molecule has 0 saturated heterocycles. The van der Waals surface area contributed by atoms with Crippen LogP contribution in [0.25, 0.3) is 16.8 Å². The number of hydrogen-bond donors (Lipinski definition) is 1. The van der Waals surface area contributed by atoms with Crippen molar-refractivity contribution in [2.45, 2.75) is 0 Å². The fraction of sp³-hybridized carbons (Fsp3) is 0. The summed E-state index contributed by atoms with van der Waals surface area (Å²) in [5, 5.41) is 12.4. The highest BCUT2D eigenvalue weighted by Gasteiger charge is 2.00. The van der Waals surface area contributed by atoms with Gasteiger partial charge in [-0.25, -0.2) is 0 Å². The second-order valence-corrected chi connectivity index (χ2v) is 4.46. The molecule has 1 aliphatic carbocycles. The highest BCUT2D eigenvalue weighted by molar-refractivity contribution is 5.90. The average Bonchev–Trinajstić information content (AvgIpc) is 2.99. The van der Waals surface area contributed by atoms with Crippen LogP contribution >= 0.6 is 0 Å². The van der Waals surface area contributed by atoms with Crippen molar-refractivity contribution in [1.82, 2.24) is 0 Å². The average molecular weight is 246 g/mol. The van der Waals surface area contributed by atoms with E-state index in [0.29, 0.717) is 0 Å². The molecule has 19 heavy (non-hydrogen) atoms. The zero-order valence-electron chi connectivity index (χ0n) is 10.5. The van der Waals surface area contributed by atoms with Crippen LogP contribution in [0, 0.1) is 0 Å². The normalized spacial score (nSPS) is 13.8. The Morgan fingerprint density at radius 3 is 2.47 bits per heavy atom. The molecule has 0 aromatic heterocycles. The number of fused-ring (bicyclic) bond motifs is 1. The Balaban J connectivity index is 2.00. The first-order valence-electron chi connectivity index (χ1n) is 6.28. The standard InChI is InChI=1S/C18H14O/c19-18(16-7-1-2-8-16)13-12-15-10-5-9-14-6-3-4-11-17(14)15/h1-13,19H/b13-12+. The Morgan fingerprint density at radius 2 is 1.63 bits per heavy atom. The van der Waals surface area contributed by atoms with Gasteiger partial charge in [-0.2, -0.15) is 0 Å². The second kappa shape index (κ2) is 4.99. The van der Waals surface area contributed by atoms with Crippen molar-refractivity contribution in [3.8, 4) is 0 Å². The van der Waals surface area contributed by atoms with Crippen LogP contribution in [0.4, 0.5) is 0 Å². The lowest BCUT2D eigenvalue weighted by Gasteiger charge is -2.02. The Bertz CT molecular complexity index is 711. The molecule has 0 saturated carbocycles. The third-order valence-corrected chi connectivity index (χ3v) is 3.20. The summed E-state index contributed by atoms with van der Waals surface area (Å²) < 4.78 is 0. The molecule has 0 amide bonds. The van der Waals surface area contributed by atoms with Crippen LogP contribution in [-0.2, 0) is 0 Å². The topological polar surface area (TPSA) is 20.2 Å². The van der Waals surface area contributed by atoms with Crippen molar-refractivity contribution < 1.29 is 5.11 Å². The maximum absolute atomic E-state index is 9.97. The summed E-state index contributed by atoms with van der Waals surface area (Å²) in [5.41, 5.74) is 1.95. The molecule has 92 valence electrons. The number of hydrogen-bond acceptors (Lipinski definition) is 1. The van der Waals surface area contributed by atoms with E-state index < -0.39 is 0 Å². The highest BCUT2D eigenvalue weighted by Crippen LogP contribution is 2.21. The van der Waals surface area contributed by atoms with Crippen LogP contribution in [-0.4, -0.2) is 5.11 Å². The zero-order chi connectivity index (χ0) is 13.1. The summed E-state index contributed by atoms with van der Waals surface area (Å²) in [5.74, 6) is 0.290. The Hall–Kier alpha value is -2.54. The molecule has 0 fully saturated rings. The molecule has 0 unspecified atom stereocenters. The van der Waals surface area contributed by atoms with Gasteiger partial charge in [-0.15, -0.1) is 0 Å². The van der Waals surface area contributed by atoms with Gasteiger partial charge in [0, 0.05) is 5.57 Å². The van der Waals surface area contributed by atoms with Crippen LogP contribution in [0.2, 0.25) is 0 Å². The van der Waals surface area contributed by atoms with E-state index in [1.165, 1.54) is 10.8 Å². The summed E-state index contributed by atoms with van der Waals surface area (Å²) >= 11 is 0. The fourth-order valence-corrected chi connectivity index (χ4v) is 2.21. The minimum absolute atomic E-state index is 0.290. The van der Waals surface area contributed by atoms with E-state index >= 15 is 0 Å². The minimum Gasteiger partial charge on any atom is -0.507 e. The van der Waals surface area contributed by atoms with Crippen molar-refractivity contribution in [2.24, 2.45) is 0 Å². The van der Waals surface area contributed by atoms with Gasteiger partial charge in [0.05, 0.1) is 0 Å². The van der Waals surface area contributed by atoms with E-state index in [9.17, 15) is 5.11 Å². The van der Waals surface area contributed by atoms with Gasteiger partial charge in [-0.3, -0.25) is 0 Å². The maximum Gasteiger partial charge on any atom is 0.122 e. The largest absolute Gasteiger partial charge is 0.507 e. The van der Waals surface area contributed by atoms with Gasteiger partial charge in [-0.05, 0) is 22.4 Å². The molecule has 0 heterocycles. The fourth-order valence-electron chi connectivity index (χ4n) is 2.21. The van der Waals surface area contributed by atoms with Gasteiger partial charge in [0.15, 0.2) is 0 Å². The Labute approximate surface area is 112 Å². The SMILES string of the molecule is OC(/C=C/c1cccc2ccccc12)=C1C=CC=C1. The van der Waals surface area contributed by atoms with Crippen LogP contribution in [0.3, 0.4) is 0 Å². The van der Waals surface area contributed by atoms with Gasteiger partial charge in [-0.1, -0.05) is 72.8 Å². The molecule has 2 aromatic rings. The van der Waals surface area contributed by atoms with Gasteiger partial charge < -0.3 is 5.11 Å². The lowest BCUT2D eigenvalue weighted by atomic mass is 10.0. The molecule has 1 N–H and O–H groups in total. The molecule has 2 aromatic carbocycles. The van der Waals surface area contributed by atoms with Crippen molar-refractivity contribution in [3.05, 3.63) is 89.7 Å². The van der Waals surface area contributed by atoms with E-state index in [2.05, 4.69) is 24.3 Å². The molecule has 0 radical (unpaired) electrons. The first-order chi connectivity index (χ1) is 9.34. The Morgan fingerprint density at radius 1 is 0.895 bits per heavy atom. The highest BCUT2D eigenvalue weighted by atomic mass is 16.3. The van der Waals surface area contributed by atoms with Gasteiger partial charge >= 0.3 is 0 Å². The van der Waals surface area contributed by atoms with Gasteiger partial charge in [0.25, 0.3) is 0 Å². The van der Waals surface area contributed by atoms with Crippen molar-refractivity contribution in [3.63, 3.8) is 0 Å². The molecule has 1 aliphatic rings. The molecule has 0 bridgehead atoms. The molecule has 0 aliphatic heterocycles. The quantitative estimate of drug-likeness (QED) is 0.755. The summed E-state index contributed by atoms with van der Waals surface area (Å²) in [6.45, 7) is 0. The minimum atomic E-state index is 0.290. The summed E-state index contributed by atoms with van der Waals surface area (Å²) in [6, 6.07) is 14.4. The number of allylic oxidation sites excluding steroid dienone is 6. The van der Waals surface area contributed by atoms with Crippen molar-refractivity contribution in [1.29, 1.82) is 0 Å². The molecular weight excluding hydrogens is 232 g/mol. The number of rotatable bonds is 2. The number of aliphatic hydroxyl groups is 1. The van der Waals surface area contributed by atoms with Gasteiger partial charge in [0.2, 0.25) is 0 Å². The molecular formula is C18H14O. The lowest BCUT2D eigenvalue weighted by molar-refractivity contribution is 0.430. The molecule has 0 atom stereocenters. The molecule has 1 nitrogen and oxygen atoms in total. The zero-order valence-corrected chi connectivity index (χ0v) is 10.5. The predicted octanol–water partition coefficient (Wildman–Crippen LogP) is 4.79. The first-order valence-corrected chi connectivity index (χ1v) is 6.28. The summed E-state index contributed by atoms with van der Waals surface area (Å²) in [7, 11) is 0. The van der Waals surface area contributed by atoms with Crippen molar-refractivity contribution in [2.75, 3.05) is 0 Å². The van der Waals surface area contributed by atoms with E-state index in [4.69, 9.17) is 0 Å². The number of benzene rings is 2. The van der Waals surface area contributed by atoms with Crippen LogP contribution < -0.4 is 0 Å². The molecule has 1 heteroatoms. The smallest absolute Gasteiger partial charge is 0.122 e. The molecule has 3 rings (SSSR count). The van der Waals surface area contributed by atoms with Crippen molar-refractivity contribution >= 4 is 16.8 Å². The van der Waals surface area contributed by atoms with E-state index in [0.717, 1.165) is 11.1 Å². The molecule has 0 spiro atoms. The number of aliphatic hydroxyl groups excluding tert-OH is 1. The van der Waals surface area contributed by atoms with E-state index in [1.807, 2.05) is 48.6 Å². The first kappa shape index (κ1) is 11.5. The third kappa shape index (κ3) is 2.36. The summed E-state index contributed by atoms with van der Waals surface area (Å²) in [6.07, 6.45) is 11.3. The van der Waals surface area contributed by atoms with Crippen LogP contribution in [0.15, 0.2) is 84.2 Å². The van der Waals surface area contributed by atoms with Crippen LogP contribution in [0.1, 0.15) is 5.56 Å². The van der Waals surface area contributed by atoms with Crippen LogP contribution in [0.5, 0.6) is 0 Å². The van der Waals surface area contributed by atoms with E-state index in [-0.39, 0.29) is 5.76 Å². The lowest BCUT2D eigenvalue weighted by Crippen LogP contribution is -1.81. The maximum atomic E-state index is 9.97. The predicted molar refractivity (Wildman–Crippen MR) is 80.9 cm³/mol. The van der Waals surface area contributed by atoms with E-state index in [1.54, 1.807) is 6.08 Å². The monoisotopic (exact) mass is 246 g/mol. The van der Waals surface area contributed by atoms with Gasteiger partial charge in [0.1, 0.15) is 5.76 Å². The third-order valence-electron chi connectivity index (χ3n) is 3.20. The Kier molecular flexibility index (Phi) is 3.03.